The van der Waals surface area contributed by atoms with E-state index in [1.165, 1.54) is 38.5 Å². The van der Waals surface area contributed by atoms with Crippen molar-refractivity contribution in [1.82, 2.24) is 0 Å². The largest absolute Gasteiger partial charge is 0.379 e. The van der Waals surface area contributed by atoms with E-state index in [0.29, 0.717) is 6.10 Å². The fourth-order valence-electron chi connectivity index (χ4n) is 3.62. The number of fused-ring (bicyclic) bond motifs is 3. The van der Waals surface area contributed by atoms with E-state index in [-0.39, 0.29) is 0 Å². The summed E-state index contributed by atoms with van der Waals surface area (Å²) in [4.78, 5) is 0. The van der Waals surface area contributed by atoms with Gasteiger partial charge in [0.15, 0.2) is 0 Å². The molecule has 0 aliphatic heterocycles. The molecule has 3 fully saturated rings. The highest BCUT2D eigenvalue weighted by Gasteiger charge is 2.35. The highest BCUT2D eigenvalue weighted by Crippen LogP contribution is 2.46. The van der Waals surface area contributed by atoms with Crippen molar-refractivity contribution >= 4 is 0 Å². The van der Waals surface area contributed by atoms with E-state index in [1.807, 2.05) is 0 Å². The summed E-state index contributed by atoms with van der Waals surface area (Å²) in [6.45, 7) is 5.40. The molecule has 0 amide bonds. The fourth-order valence-corrected chi connectivity index (χ4v) is 3.62. The number of hydrogen-bond donors (Lipinski definition) is 0. The smallest absolute Gasteiger partial charge is 0.0549 e. The van der Waals surface area contributed by atoms with Gasteiger partial charge in [-0.1, -0.05) is 19.8 Å². The van der Waals surface area contributed by atoms with Crippen molar-refractivity contribution in [3.05, 3.63) is 0 Å². The molecule has 0 saturated heterocycles. The minimum absolute atomic E-state index is 0.495. The van der Waals surface area contributed by atoms with Crippen LogP contribution in [0.4, 0.5) is 0 Å². The van der Waals surface area contributed by atoms with Crippen LogP contribution in [0.5, 0.6) is 0 Å². The Kier molecular flexibility index (Phi) is 4.07. The lowest BCUT2D eigenvalue weighted by Gasteiger charge is -2.43. The van der Waals surface area contributed by atoms with Crippen LogP contribution in [0.1, 0.15) is 58.8 Å². The molecule has 2 unspecified atom stereocenters. The Balaban J connectivity index is 1.74. The summed E-state index contributed by atoms with van der Waals surface area (Å²) in [5.74, 6) is 3.10. The topological polar surface area (TPSA) is 9.23 Å². The second-order valence-electron chi connectivity index (χ2n) is 5.69. The Morgan fingerprint density at radius 1 is 1.20 bits per heavy atom. The summed E-state index contributed by atoms with van der Waals surface area (Å²) in [6, 6.07) is 0. The predicted octanol–water partition coefficient (Wildman–Crippen LogP) is 4.02. The van der Waals surface area contributed by atoms with E-state index in [9.17, 15) is 0 Å². The van der Waals surface area contributed by atoms with Gasteiger partial charge in [0.25, 0.3) is 0 Å². The number of ether oxygens (including phenoxy) is 1. The molecule has 0 radical (unpaired) electrons. The van der Waals surface area contributed by atoms with Crippen LogP contribution in [0.2, 0.25) is 0 Å². The van der Waals surface area contributed by atoms with Gasteiger partial charge in [0.05, 0.1) is 6.10 Å². The van der Waals surface area contributed by atoms with Gasteiger partial charge >= 0.3 is 0 Å². The lowest BCUT2D eigenvalue weighted by atomic mass is 9.63. The molecule has 0 aromatic rings. The van der Waals surface area contributed by atoms with Crippen LogP contribution < -0.4 is 0 Å². The van der Waals surface area contributed by atoms with Gasteiger partial charge in [0.1, 0.15) is 0 Å². The first-order valence-corrected chi connectivity index (χ1v) is 6.91. The molecule has 3 aliphatic carbocycles. The van der Waals surface area contributed by atoms with Crippen LogP contribution >= 0.6 is 0 Å². The fraction of sp³-hybridized carbons (Fsp3) is 1.00. The molecule has 3 aliphatic rings. The lowest BCUT2D eigenvalue weighted by Crippen LogP contribution is -2.33. The minimum atomic E-state index is 0.495. The minimum Gasteiger partial charge on any atom is -0.379 e. The summed E-state index contributed by atoms with van der Waals surface area (Å²) in [7, 11) is 0. The summed E-state index contributed by atoms with van der Waals surface area (Å²) < 4.78 is 5.80. The van der Waals surface area contributed by atoms with Crippen LogP contribution in [0.25, 0.3) is 0 Å². The van der Waals surface area contributed by atoms with Gasteiger partial charge in [-0.05, 0) is 56.8 Å². The zero-order valence-electron chi connectivity index (χ0n) is 10.4. The maximum Gasteiger partial charge on any atom is 0.0549 e. The molecule has 3 rings (SSSR count). The van der Waals surface area contributed by atoms with Crippen molar-refractivity contribution in [3.63, 3.8) is 0 Å². The van der Waals surface area contributed by atoms with Gasteiger partial charge in [0.2, 0.25) is 0 Å². The standard InChI is InChI=1S/C14H26O/c1-3-8-15-11(2)9-14-10-12-4-6-13(14)7-5-12/h11-14H,3-10H2,1-2H3. The second kappa shape index (κ2) is 5.34. The Bertz CT molecular complexity index is 182. The molecule has 0 aromatic carbocycles. The van der Waals surface area contributed by atoms with Crippen LogP contribution in [0.15, 0.2) is 0 Å². The Morgan fingerprint density at radius 2 is 1.93 bits per heavy atom. The predicted molar refractivity (Wildman–Crippen MR) is 63.9 cm³/mol. The SMILES string of the molecule is CCCOC(C)CC1CC2CCC1CC2. The third kappa shape index (κ3) is 2.96. The highest BCUT2D eigenvalue weighted by molar-refractivity contribution is 4.87. The molecule has 0 aromatic heterocycles. The Labute approximate surface area is 94.6 Å². The molecule has 2 atom stereocenters. The van der Waals surface area contributed by atoms with E-state index in [0.717, 1.165) is 30.8 Å². The Morgan fingerprint density at radius 3 is 2.47 bits per heavy atom. The molecule has 1 heteroatoms. The maximum absolute atomic E-state index is 5.80. The Hall–Kier alpha value is -0.0400. The third-order valence-electron chi connectivity index (χ3n) is 4.44. The normalized spacial score (nSPS) is 36.8. The molecular formula is C14H26O. The van der Waals surface area contributed by atoms with Crippen molar-refractivity contribution in [2.24, 2.45) is 17.8 Å². The monoisotopic (exact) mass is 210 g/mol. The van der Waals surface area contributed by atoms with Gasteiger partial charge in [-0.3, -0.25) is 0 Å². The van der Waals surface area contributed by atoms with Crippen LogP contribution in [-0.2, 0) is 4.74 Å². The van der Waals surface area contributed by atoms with Gasteiger partial charge in [-0.2, -0.15) is 0 Å². The summed E-state index contributed by atoms with van der Waals surface area (Å²) in [5, 5.41) is 0. The lowest BCUT2D eigenvalue weighted by molar-refractivity contribution is 0.0123. The second-order valence-corrected chi connectivity index (χ2v) is 5.69. The van der Waals surface area contributed by atoms with Crippen LogP contribution in [0.3, 0.4) is 0 Å². The molecular weight excluding hydrogens is 184 g/mol. The van der Waals surface area contributed by atoms with E-state index in [4.69, 9.17) is 4.74 Å². The maximum atomic E-state index is 5.80. The van der Waals surface area contributed by atoms with E-state index >= 15 is 0 Å². The molecule has 0 heterocycles. The van der Waals surface area contributed by atoms with Crippen molar-refractivity contribution in [1.29, 1.82) is 0 Å². The average Bonchev–Trinajstić information content (AvgIpc) is 2.28. The highest BCUT2D eigenvalue weighted by atomic mass is 16.5. The molecule has 15 heavy (non-hydrogen) atoms. The summed E-state index contributed by atoms with van der Waals surface area (Å²) >= 11 is 0. The van der Waals surface area contributed by atoms with Crippen molar-refractivity contribution < 1.29 is 4.74 Å². The first-order valence-electron chi connectivity index (χ1n) is 6.91. The first-order chi connectivity index (χ1) is 7.29. The van der Waals surface area contributed by atoms with Crippen molar-refractivity contribution in [3.8, 4) is 0 Å². The van der Waals surface area contributed by atoms with E-state index in [1.54, 1.807) is 0 Å². The zero-order valence-corrected chi connectivity index (χ0v) is 10.4. The molecule has 0 spiro atoms. The van der Waals surface area contributed by atoms with Gasteiger partial charge < -0.3 is 4.74 Å². The van der Waals surface area contributed by atoms with Gasteiger partial charge in [-0.15, -0.1) is 0 Å². The van der Waals surface area contributed by atoms with Crippen LogP contribution in [0, 0.1) is 17.8 Å². The van der Waals surface area contributed by atoms with E-state index < -0.39 is 0 Å². The third-order valence-corrected chi connectivity index (χ3v) is 4.44. The summed E-state index contributed by atoms with van der Waals surface area (Å²) in [5.41, 5.74) is 0. The summed E-state index contributed by atoms with van der Waals surface area (Å²) in [6.07, 6.45) is 10.5. The van der Waals surface area contributed by atoms with Gasteiger partial charge in [-0.25, -0.2) is 0 Å². The molecule has 0 N–H and O–H groups in total. The van der Waals surface area contributed by atoms with Gasteiger partial charge in [0, 0.05) is 6.61 Å². The molecule has 3 saturated carbocycles. The van der Waals surface area contributed by atoms with Crippen LogP contribution in [-0.4, -0.2) is 12.7 Å². The molecule has 1 nitrogen and oxygen atoms in total. The van der Waals surface area contributed by atoms with E-state index in [2.05, 4.69) is 13.8 Å². The van der Waals surface area contributed by atoms with Crippen molar-refractivity contribution in [2.45, 2.75) is 64.9 Å². The number of rotatable bonds is 5. The average molecular weight is 210 g/mol. The first kappa shape index (κ1) is 11.4. The zero-order chi connectivity index (χ0) is 10.7. The van der Waals surface area contributed by atoms with Crippen molar-refractivity contribution in [2.75, 3.05) is 6.61 Å². The number of hydrogen-bond acceptors (Lipinski definition) is 1. The molecule has 88 valence electrons. The quantitative estimate of drug-likeness (QED) is 0.666. The molecule has 2 bridgehead atoms.